The van der Waals surface area contributed by atoms with Gasteiger partial charge in [0.05, 0.1) is 0 Å². The van der Waals surface area contributed by atoms with E-state index in [0.717, 1.165) is 0 Å². The largest absolute Gasteiger partial charge is 0.460 e. The lowest BCUT2D eigenvalue weighted by Gasteiger charge is -2.36. The standard InChI is InChI=1S/C16H27F9O3SSi/c1-4-7-10-30(11-8-5-2,12-9-6-3)28-29(26,27)16(24,25)14(19,20)13(17,18)15(21,22)23/h4-12H2,1-3H3. The van der Waals surface area contributed by atoms with Crippen molar-refractivity contribution < 1.29 is 51.8 Å². The average molecular weight is 499 g/mol. The Morgan fingerprint density at radius 1 is 0.667 bits per heavy atom. The first-order valence-corrected chi connectivity index (χ1v) is 13.5. The Labute approximate surface area is 171 Å². The van der Waals surface area contributed by atoms with Crippen molar-refractivity contribution in [1.82, 2.24) is 0 Å². The van der Waals surface area contributed by atoms with Crippen LogP contribution in [0.25, 0.3) is 0 Å². The van der Waals surface area contributed by atoms with Gasteiger partial charge in [0, 0.05) is 0 Å². The Hall–Kier alpha value is -0.503. The first-order chi connectivity index (χ1) is 13.4. The maximum atomic E-state index is 14.1. The second-order valence-corrected chi connectivity index (χ2v) is 13.1. The van der Waals surface area contributed by atoms with E-state index in [2.05, 4.69) is 3.87 Å². The van der Waals surface area contributed by atoms with Gasteiger partial charge >= 0.3 is 33.4 Å². The maximum Gasteiger partial charge on any atom is 0.460 e. The van der Waals surface area contributed by atoms with Crippen molar-refractivity contribution in [3.8, 4) is 0 Å². The van der Waals surface area contributed by atoms with Crippen molar-refractivity contribution in [2.75, 3.05) is 0 Å². The lowest BCUT2D eigenvalue weighted by molar-refractivity contribution is -0.382. The molecule has 0 spiro atoms. The van der Waals surface area contributed by atoms with Gasteiger partial charge in [-0.25, -0.2) is 0 Å². The lowest BCUT2D eigenvalue weighted by atomic mass is 10.1. The third-order valence-electron chi connectivity index (χ3n) is 4.67. The van der Waals surface area contributed by atoms with Crippen LogP contribution in [0.1, 0.15) is 59.3 Å². The van der Waals surface area contributed by atoms with E-state index in [4.69, 9.17) is 0 Å². The van der Waals surface area contributed by atoms with Crippen LogP contribution in [0.4, 0.5) is 39.5 Å². The highest BCUT2D eigenvalue weighted by Gasteiger charge is 2.86. The summed E-state index contributed by atoms with van der Waals surface area (Å²) in [7, 11) is -10.5. The third kappa shape index (κ3) is 6.05. The number of hydrogen-bond acceptors (Lipinski definition) is 3. The van der Waals surface area contributed by atoms with Crippen molar-refractivity contribution in [2.24, 2.45) is 0 Å². The minimum atomic E-state index is -7.29. The van der Waals surface area contributed by atoms with Gasteiger partial charge in [-0.2, -0.15) is 47.9 Å². The van der Waals surface area contributed by atoms with E-state index in [1.807, 2.05) is 0 Å². The molecular formula is C16H27F9O3SSi. The van der Waals surface area contributed by atoms with Crippen LogP contribution < -0.4 is 0 Å². The number of rotatable bonds is 14. The fraction of sp³-hybridized carbons (Fsp3) is 1.00. The lowest BCUT2D eigenvalue weighted by Crippen LogP contribution is -2.64. The van der Waals surface area contributed by atoms with E-state index in [1.165, 1.54) is 0 Å². The predicted octanol–water partition coefficient (Wildman–Crippen LogP) is 7.10. The molecule has 0 atom stereocenters. The highest BCUT2D eigenvalue weighted by Crippen LogP contribution is 2.55. The quantitative estimate of drug-likeness (QED) is 0.189. The van der Waals surface area contributed by atoms with Gasteiger partial charge in [0.25, 0.3) is 0 Å². The topological polar surface area (TPSA) is 43.4 Å². The second-order valence-electron chi connectivity index (χ2n) is 7.19. The summed E-state index contributed by atoms with van der Waals surface area (Å²) in [4.78, 5) is 0. The summed E-state index contributed by atoms with van der Waals surface area (Å²) in [5, 5.41) is -6.79. The summed E-state index contributed by atoms with van der Waals surface area (Å²) in [5.74, 6) is -14.6. The molecule has 3 nitrogen and oxygen atoms in total. The average Bonchev–Trinajstić information content (AvgIpc) is 2.61. The minimum Gasteiger partial charge on any atom is -0.310 e. The van der Waals surface area contributed by atoms with Gasteiger partial charge in [-0.3, -0.25) is 0 Å². The SMILES string of the molecule is CCCC[Si](CCCC)(CCCC)OS(=O)(=O)C(F)(F)C(F)(F)C(F)(F)C(F)(F)F. The van der Waals surface area contributed by atoms with Crippen LogP contribution in [-0.4, -0.2) is 40.0 Å². The molecule has 0 aromatic rings. The molecule has 0 saturated carbocycles. The molecule has 0 saturated heterocycles. The molecule has 0 N–H and O–H groups in total. The van der Waals surface area contributed by atoms with Gasteiger partial charge in [0.2, 0.25) is 8.32 Å². The molecule has 14 heteroatoms. The molecule has 182 valence electrons. The molecule has 0 rings (SSSR count). The van der Waals surface area contributed by atoms with Gasteiger partial charge < -0.3 is 3.87 Å². The Kier molecular flexibility index (Phi) is 10.2. The first-order valence-electron chi connectivity index (χ1n) is 9.54. The summed E-state index contributed by atoms with van der Waals surface area (Å²) in [6.07, 6.45) is -4.75. The normalized spacial score (nSPS) is 14.9. The molecule has 0 aromatic carbocycles. The molecule has 0 fully saturated rings. The summed E-state index contributed by atoms with van der Waals surface area (Å²) in [6.45, 7) is 5.08. The van der Waals surface area contributed by atoms with Gasteiger partial charge in [0.1, 0.15) is 0 Å². The zero-order chi connectivity index (χ0) is 24.1. The Morgan fingerprint density at radius 2 is 1.00 bits per heavy atom. The van der Waals surface area contributed by atoms with Crippen LogP contribution in [0.5, 0.6) is 0 Å². The fourth-order valence-corrected chi connectivity index (χ4v) is 10.3. The van der Waals surface area contributed by atoms with Crippen LogP contribution in [-0.2, 0) is 14.0 Å². The van der Waals surface area contributed by atoms with Crippen LogP contribution >= 0.6 is 0 Å². The first kappa shape index (κ1) is 29.5. The van der Waals surface area contributed by atoms with E-state index in [0.29, 0.717) is 38.5 Å². The van der Waals surface area contributed by atoms with Crippen LogP contribution in [0, 0.1) is 0 Å². The molecule has 0 aliphatic rings. The smallest absolute Gasteiger partial charge is 0.310 e. The van der Waals surface area contributed by atoms with Gasteiger partial charge in [-0.05, 0) is 18.1 Å². The third-order valence-corrected chi connectivity index (χ3v) is 11.6. The monoisotopic (exact) mass is 498 g/mol. The molecule has 0 aromatic heterocycles. The van der Waals surface area contributed by atoms with Crippen LogP contribution in [0.2, 0.25) is 18.1 Å². The molecule has 0 heterocycles. The predicted molar refractivity (Wildman–Crippen MR) is 95.8 cm³/mol. The Balaban J connectivity index is 6.29. The van der Waals surface area contributed by atoms with Gasteiger partial charge in [-0.15, -0.1) is 0 Å². The zero-order valence-electron chi connectivity index (χ0n) is 16.9. The van der Waals surface area contributed by atoms with E-state index in [-0.39, 0.29) is 18.1 Å². The number of unbranched alkanes of at least 4 members (excludes halogenated alkanes) is 3. The van der Waals surface area contributed by atoms with Crippen molar-refractivity contribution in [1.29, 1.82) is 0 Å². The van der Waals surface area contributed by atoms with E-state index in [1.54, 1.807) is 20.8 Å². The minimum absolute atomic E-state index is 0.0277. The molecule has 0 radical (unpaired) electrons. The van der Waals surface area contributed by atoms with Crippen molar-refractivity contribution in [3.05, 3.63) is 0 Å². The maximum absolute atomic E-state index is 14.1. The van der Waals surface area contributed by atoms with Crippen LogP contribution in [0.3, 0.4) is 0 Å². The number of alkyl halides is 9. The summed E-state index contributed by atoms with van der Waals surface area (Å²) < 4.78 is 147. The van der Waals surface area contributed by atoms with Crippen molar-refractivity contribution in [3.63, 3.8) is 0 Å². The van der Waals surface area contributed by atoms with Crippen LogP contribution in [0.15, 0.2) is 0 Å². The summed E-state index contributed by atoms with van der Waals surface area (Å²) >= 11 is 0. The Bertz CT molecular complexity index is 615. The molecule has 0 bridgehead atoms. The molecule has 0 aliphatic heterocycles. The van der Waals surface area contributed by atoms with E-state index in [9.17, 15) is 47.9 Å². The highest BCUT2D eigenvalue weighted by molar-refractivity contribution is 7.89. The molecule has 0 amide bonds. The van der Waals surface area contributed by atoms with E-state index < -0.39 is 41.7 Å². The number of halogens is 9. The fourth-order valence-electron chi connectivity index (χ4n) is 2.80. The molecule has 0 aliphatic carbocycles. The van der Waals surface area contributed by atoms with Crippen molar-refractivity contribution in [2.45, 2.75) is 101 Å². The summed E-state index contributed by atoms with van der Waals surface area (Å²) in [5.41, 5.74) is 0. The van der Waals surface area contributed by atoms with Gasteiger partial charge in [0.15, 0.2) is 0 Å². The molecular weight excluding hydrogens is 471 g/mol. The van der Waals surface area contributed by atoms with Gasteiger partial charge in [-0.1, -0.05) is 59.3 Å². The number of hydrogen-bond donors (Lipinski definition) is 0. The molecule has 30 heavy (non-hydrogen) atoms. The molecule has 0 unspecified atom stereocenters. The summed E-state index contributed by atoms with van der Waals surface area (Å²) in [6, 6.07) is -0.0832. The highest BCUT2D eigenvalue weighted by atomic mass is 32.2. The zero-order valence-corrected chi connectivity index (χ0v) is 18.7. The second kappa shape index (κ2) is 10.4. The Morgan fingerprint density at radius 3 is 1.27 bits per heavy atom. The van der Waals surface area contributed by atoms with E-state index >= 15 is 0 Å². The van der Waals surface area contributed by atoms with Crippen molar-refractivity contribution >= 4 is 18.4 Å².